The van der Waals surface area contributed by atoms with E-state index in [1.54, 1.807) is 12.4 Å². The van der Waals surface area contributed by atoms with E-state index in [9.17, 15) is 0 Å². The lowest BCUT2D eigenvalue weighted by molar-refractivity contribution is -0.150. The molecule has 0 aliphatic carbocycles. The van der Waals surface area contributed by atoms with E-state index in [4.69, 9.17) is 38.4 Å². The van der Waals surface area contributed by atoms with Crippen molar-refractivity contribution in [2.75, 3.05) is 39.6 Å². The lowest BCUT2D eigenvalue weighted by atomic mass is 10.0. The molecule has 2 saturated heterocycles. The van der Waals surface area contributed by atoms with Crippen LogP contribution in [0.2, 0.25) is 51.4 Å². The van der Waals surface area contributed by atoms with Crippen molar-refractivity contribution in [2.45, 2.75) is 104 Å². The van der Waals surface area contributed by atoms with Crippen molar-refractivity contribution in [1.29, 1.82) is 0 Å². The van der Waals surface area contributed by atoms with Gasteiger partial charge in [0.2, 0.25) is 0 Å². The fourth-order valence-electron chi connectivity index (χ4n) is 7.68. The molecule has 4 aromatic heterocycles. The third kappa shape index (κ3) is 11.4. The number of nitrogens with zero attached hydrogens (tertiary/aromatic N) is 6. The Morgan fingerprint density at radius 1 is 0.635 bits per heavy atom. The summed E-state index contributed by atoms with van der Waals surface area (Å²) in [5.74, 6) is -1.35. The first-order chi connectivity index (χ1) is 29.9. The minimum Gasteiger partial charge on any atom is -0.361 e. The van der Waals surface area contributed by atoms with Crippen molar-refractivity contribution in [3.05, 3.63) is 90.4 Å². The van der Waals surface area contributed by atoms with Gasteiger partial charge in [0.1, 0.15) is 33.7 Å². The summed E-state index contributed by atoms with van der Waals surface area (Å²) >= 11 is 9.30. The number of aromatic nitrogens is 6. The molecule has 2 aliphatic heterocycles. The van der Waals surface area contributed by atoms with Crippen molar-refractivity contribution in [2.24, 2.45) is 0 Å². The van der Waals surface area contributed by atoms with Gasteiger partial charge in [-0.2, -0.15) is 0 Å². The summed E-state index contributed by atoms with van der Waals surface area (Å²) in [4.78, 5) is 18.8. The fourth-order valence-corrected chi connectivity index (χ4v) is 10.7. The van der Waals surface area contributed by atoms with Gasteiger partial charge in [-0.15, -0.1) is 0 Å². The number of halogens is 3. The maximum Gasteiger partial charge on any atom is 0.192 e. The Morgan fingerprint density at radius 3 is 1.46 bits per heavy atom. The standard InChI is InChI=1S/C24H32BrN3O3Si.C22H27BrIN3O3Si/c1-6-19-21-23(26-15-20(25)27-21)28(16-29-13-14-32(3,4)5)22(19)17-7-9-18(10-8-17)24(2)30-11-12-31-24;1-22(29-9-10-30-22)16-7-5-15(6-8-16)20-18(24)19-21(25-13-17(23)26-19)27(20)14-28-11-12-31(2,3)4/h7-10,15H,6,11-14,16H2,1-5H3;5-8,13H,9-12,14H2,1-4H3. The molecule has 63 heavy (non-hydrogen) atoms. The van der Waals surface area contributed by atoms with E-state index < -0.39 is 27.7 Å². The van der Waals surface area contributed by atoms with Crippen LogP contribution in [0.4, 0.5) is 0 Å². The van der Waals surface area contributed by atoms with Crippen molar-refractivity contribution in [3.8, 4) is 22.5 Å². The third-order valence-corrected chi connectivity index (χ3v) is 16.5. The van der Waals surface area contributed by atoms with Crippen LogP contribution in [0, 0.1) is 3.57 Å². The summed E-state index contributed by atoms with van der Waals surface area (Å²) < 4.78 is 42.3. The van der Waals surface area contributed by atoms with Gasteiger partial charge >= 0.3 is 0 Å². The van der Waals surface area contributed by atoms with E-state index in [1.165, 1.54) is 5.56 Å². The molecule has 338 valence electrons. The van der Waals surface area contributed by atoms with Crippen LogP contribution in [0.3, 0.4) is 0 Å². The number of rotatable bonds is 15. The number of benzene rings is 2. The molecule has 0 atom stereocenters. The smallest absolute Gasteiger partial charge is 0.192 e. The quantitative estimate of drug-likeness (QED) is 0.0559. The van der Waals surface area contributed by atoms with Crippen LogP contribution in [-0.4, -0.2) is 84.9 Å². The Labute approximate surface area is 403 Å². The van der Waals surface area contributed by atoms with E-state index in [0.717, 1.165) is 100 Å². The average molecular weight is 1130 g/mol. The predicted octanol–water partition coefficient (Wildman–Crippen LogP) is 12.0. The van der Waals surface area contributed by atoms with Crippen LogP contribution >= 0.6 is 54.5 Å². The third-order valence-electron chi connectivity index (χ3n) is 11.3. The van der Waals surface area contributed by atoms with Crippen LogP contribution < -0.4 is 0 Å². The second-order valence-corrected chi connectivity index (χ2v) is 32.5. The predicted molar refractivity (Wildman–Crippen MR) is 270 cm³/mol. The minimum atomic E-state index is -1.15. The van der Waals surface area contributed by atoms with Crippen LogP contribution in [-0.2, 0) is 59.9 Å². The van der Waals surface area contributed by atoms with Crippen LogP contribution in [0.15, 0.2) is 70.1 Å². The second-order valence-electron chi connectivity index (χ2n) is 18.6. The number of fused-ring (bicyclic) bond motifs is 2. The zero-order valence-corrected chi connectivity index (χ0v) is 45.1. The molecule has 0 radical (unpaired) electrons. The summed E-state index contributed by atoms with van der Waals surface area (Å²) in [7, 11) is -2.30. The van der Waals surface area contributed by atoms with Crippen LogP contribution in [0.25, 0.3) is 44.8 Å². The summed E-state index contributed by atoms with van der Waals surface area (Å²) in [5.41, 5.74) is 11.0. The van der Waals surface area contributed by atoms with Crippen molar-refractivity contribution in [1.82, 2.24) is 29.1 Å². The topological polar surface area (TPSA) is 117 Å². The van der Waals surface area contributed by atoms with Gasteiger partial charge in [-0.3, -0.25) is 9.13 Å². The largest absolute Gasteiger partial charge is 0.361 e. The van der Waals surface area contributed by atoms with E-state index in [2.05, 4.69) is 168 Å². The fraction of sp³-hybridized carbons (Fsp3) is 0.478. The molecule has 0 bridgehead atoms. The van der Waals surface area contributed by atoms with Gasteiger partial charge in [-0.05, 0) is 97.9 Å². The molecule has 2 fully saturated rings. The van der Waals surface area contributed by atoms with Gasteiger partial charge in [-0.1, -0.05) is 94.7 Å². The molecule has 6 heterocycles. The Kier molecular flexibility index (Phi) is 15.5. The number of hydrogen-bond donors (Lipinski definition) is 0. The molecular formula is C46H59Br2IN6O6Si2. The van der Waals surface area contributed by atoms with Gasteiger partial charge in [0.15, 0.2) is 22.9 Å². The summed E-state index contributed by atoms with van der Waals surface area (Å²) in [5, 5.41) is 0. The molecule has 12 nitrogen and oxygen atoms in total. The van der Waals surface area contributed by atoms with Crippen molar-refractivity contribution in [3.63, 3.8) is 0 Å². The van der Waals surface area contributed by atoms with Gasteiger partial charge in [0.25, 0.3) is 0 Å². The highest BCUT2D eigenvalue weighted by Gasteiger charge is 2.34. The summed E-state index contributed by atoms with van der Waals surface area (Å²) in [6.07, 6.45) is 4.34. The highest BCUT2D eigenvalue weighted by Crippen LogP contribution is 2.38. The summed E-state index contributed by atoms with van der Waals surface area (Å²) in [6, 6.07) is 19.1. The molecular weight excluding hydrogens is 1080 g/mol. The molecule has 0 unspecified atom stereocenters. The molecule has 6 aromatic rings. The highest BCUT2D eigenvalue weighted by atomic mass is 127. The Balaban J connectivity index is 0.000000189. The molecule has 17 heteroatoms. The Hall–Kier alpha value is -2.44. The SMILES string of the molecule is CC1(c2ccc(-c3c(I)c4nc(Br)cnc4n3COCC[Si](C)(C)C)cc2)OCCO1.CCc1c(-c2ccc(C3(C)OCCO3)cc2)n(COCC[Si](C)(C)C)c2ncc(Br)nc12. The van der Waals surface area contributed by atoms with E-state index >= 15 is 0 Å². The zero-order valence-electron chi connectivity index (χ0n) is 37.8. The van der Waals surface area contributed by atoms with Crippen LogP contribution in [0.1, 0.15) is 37.5 Å². The molecule has 2 aliphatic rings. The Morgan fingerprint density at radius 2 is 1.03 bits per heavy atom. The first-order valence-electron chi connectivity index (χ1n) is 21.6. The molecule has 2 aromatic carbocycles. The number of hydrogen-bond acceptors (Lipinski definition) is 10. The first kappa shape index (κ1) is 48.5. The zero-order chi connectivity index (χ0) is 45.2. The second kappa shape index (κ2) is 20.2. The van der Waals surface area contributed by atoms with Gasteiger partial charge in [-0.25, -0.2) is 19.9 Å². The van der Waals surface area contributed by atoms with E-state index in [0.29, 0.717) is 39.9 Å². The van der Waals surface area contributed by atoms with Crippen molar-refractivity contribution < 1.29 is 28.4 Å². The molecule has 0 amide bonds. The molecule has 8 rings (SSSR count). The lowest BCUT2D eigenvalue weighted by Crippen LogP contribution is -2.22. The number of ether oxygens (including phenoxy) is 6. The Bertz CT molecular complexity index is 2510. The monoisotopic (exact) mass is 1130 g/mol. The number of aryl methyl sites for hydroxylation is 1. The van der Waals surface area contributed by atoms with Gasteiger partial charge in [0, 0.05) is 46.1 Å². The van der Waals surface area contributed by atoms with Crippen molar-refractivity contribution >= 4 is 92.9 Å². The maximum atomic E-state index is 6.15. The van der Waals surface area contributed by atoms with E-state index in [-0.39, 0.29) is 0 Å². The lowest BCUT2D eigenvalue weighted by Gasteiger charge is -2.23. The highest BCUT2D eigenvalue weighted by molar-refractivity contribution is 14.1. The minimum absolute atomic E-state index is 0.446. The maximum absolute atomic E-state index is 6.15. The molecule has 0 saturated carbocycles. The van der Waals surface area contributed by atoms with Gasteiger partial charge in [0.05, 0.1) is 53.8 Å². The molecule has 0 spiro atoms. The molecule has 0 N–H and O–H groups in total. The van der Waals surface area contributed by atoms with Crippen LogP contribution in [0.5, 0.6) is 0 Å². The summed E-state index contributed by atoms with van der Waals surface area (Å²) in [6.45, 7) is 25.2. The first-order valence-corrected chi connectivity index (χ1v) is 31.6. The average Bonchev–Trinajstić information content (AvgIpc) is 4.02. The van der Waals surface area contributed by atoms with Gasteiger partial charge < -0.3 is 28.4 Å². The van der Waals surface area contributed by atoms with E-state index in [1.807, 2.05) is 13.8 Å². The normalized spacial score (nSPS) is 16.3.